The Morgan fingerprint density at radius 3 is 2.71 bits per heavy atom. The second-order valence-electron chi connectivity index (χ2n) is 5.62. The number of nitrogens with two attached hydrogens (primary N) is 1. The van der Waals surface area contributed by atoms with Gasteiger partial charge >= 0.3 is 0 Å². The Kier molecular flexibility index (Phi) is 5.17. The topological polar surface area (TPSA) is 65.1 Å². The molecule has 24 heavy (non-hydrogen) atoms. The monoisotopic (exact) mass is 342 g/mol. The zero-order valence-corrected chi connectivity index (χ0v) is 14.7. The normalized spacial score (nSPS) is 12.1. The predicted octanol–water partition coefficient (Wildman–Crippen LogP) is 3.14. The lowest BCUT2D eigenvalue weighted by Gasteiger charge is -2.18. The van der Waals surface area contributed by atoms with Gasteiger partial charge in [0.2, 0.25) is 0 Å². The Bertz CT molecular complexity index is 781. The third kappa shape index (κ3) is 3.44. The molecule has 126 valence electrons. The second kappa shape index (κ2) is 7.51. The minimum Gasteiger partial charge on any atom is -0.493 e. The molecule has 2 heterocycles. The molecule has 0 aliphatic rings. The van der Waals surface area contributed by atoms with Crippen LogP contribution in [0.25, 0.3) is 11.3 Å². The van der Waals surface area contributed by atoms with E-state index >= 15 is 0 Å². The van der Waals surface area contributed by atoms with Crippen molar-refractivity contribution in [2.75, 3.05) is 19.0 Å². The highest BCUT2D eigenvalue weighted by molar-refractivity contribution is 7.15. The van der Waals surface area contributed by atoms with E-state index in [1.807, 2.05) is 23.9 Å². The summed E-state index contributed by atoms with van der Waals surface area (Å²) < 4.78 is 7.50. The Labute approximate surface area is 146 Å². The molecule has 3 aromatic rings. The van der Waals surface area contributed by atoms with Gasteiger partial charge < -0.3 is 15.8 Å². The molecule has 2 aromatic heterocycles. The second-order valence-corrected chi connectivity index (χ2v) is 6.50. The van der Waals surface area contributed by atoms with E-state index in [-0.39, 0.29) is 6.04 Å². The van der Waals surface area contributed by atoms with Crippen molar-refractivity contribution in [3.05, 3.63) is 53.5 Å². The predicted molar refractivity (Wildman–Crippen MR) is 99.7 cm³/mol. The highest BCUT2D eigenvalue weighted by Gasteiger charge is 2.18. The Morgan fingerprint density at radius 2 is 2.08 bits per heavy atom. The van der Waals surface area contributed by atoms with Crippen LogP contribution < -0.4 is 15.8 Å². The van der Waals surface area contributed by atoms with Crippen molar-refractivity contribution in [2.24, 2.45) is 12.8 Å². The average molecular weight is 342 g/mol. The lowest BCUT2D eigenvalue weighted by atomic mass is 10.1. The summed E-state index contributed by atoms with van der Waals surface area (Å²) in [5.74, 6) is 0.843. The molecule has 0 spiro atoms. The Morgan fingerprint density at radius 1 is 1.29 bits per heavy atom. The van der Waals surface area contributed by atoms with E-state index in [0.717, 1.165) is 28.4 Å². The number of thiophene rings is 1. The van der Waals surface area contributed by atoms with Gasteiger partial charge in [0.1, 0.15) is 5.00 Å². The van der Waals surface area contributed by atoms with Crippen molar-refractivity contribution >= 4 is 16.3 Å². The Balaban J connectivity index is 1.81. The molecule has 0 radical (unpaired) electrons. The first-order valence-corrected chi connectivity index (χ1v) is 8.75. The lowest BCUT2D eigenvalue weighted by Crippen LogP contribution is -2.30. The minimum atomic E-state index is 0.152. The van der Waals surface area contributed by atoms with Gasteiger partial charge in [0.25, 0.3) is 0 Å². The maximum Gasteiger partial charge on any atom is 0.162 e. The van der Waals surface area contributed by atoms with Crippen LogP contribution in [0.4, 0.5) is 5.00 Å². The largest absolute Gasteiger partial charge is 0.493 e. The fourth-order valence-electron chi connectivity index (χ4n) is 2.74. The van der Waals surface area contributed by atoms with Crippen molar-refractivity contribution in [3.63, 3.8) is 0 Å². The van der Waals surface area contributed by atoms with Gasteiger partial charge in [-0.05, 0) is 18.1 Å². The highest BCUT2D eigenvalue weighted by atomic mass is 32.1. The molecule has 0 bridgehead atoms. The molecule has 0 fully saturated rings. The molecule has 0 amide bonds. The van der Waals surface area contributed by atoms with Gasteiger partial charge in [-0.3, -0.25) is 4.68 Å². The zero-order valence-electron chi connectivity index (χ0n) is 13.9. The van der Waals surface area contributed by atoms with Crippen LogP contribution in [0.3, 0.4) is 0 Å². The van der Waals surface area contributed by atoms with E-state index in [4.69, 9.17) is 10.5 Å². The highest BCUT2D eigenvalue weighted by Crippen LogP contribution is 2.42. The van der Waals surface area contributed by atoms with Crippen LogP contribution in [0.1, 0.15) is 5.56 Å². The van der Waals surface area contributed by atoms with E-state index in [1.165, 1.54) is 5.56 Å². The van der Waals surface area contributed by atoms with Gasteiger partial charge in [-0.2, -0.15) is 5.10 Å². The van der Waals surface area contributed by atoms with E-state index in [0.29, 0.717) is 6.54 Å². The molecule has 0 saturated carbocycles. The van der Waals surface area contributed by atoms with E-state index in [9.17, 15) is 0 Å². The number of methoxy groups -OCH3 is 1. The molecule has 3 rings (SSSR count). The number of hydrogen-bond donors (Lipinski definition) is 2. The molecule has 5 nitrogen and oxygen atoms in total. The van der Waals surface area contributed by atoms with Crippen LogP contribution in [0.2, 0.25) is 0 Å². The van der Waals surface area contributed by atoms with Gasteiger partial charge in [0.05, 0.1) is 18.4 Å². The third-order valence-electron chi connectivity index (χ3n) is 3.99. The SMILES string of the molecule is COc1c(-c2ccnn2C)csc1NC(CN)Cc1ccccc1. The fourth-order valence-corrected chi connectivity index (χ4v) is 3.74. The van der Waals surface area contributed by atoms with Gasteiger partial charge in [-0.15, -0.1) is 11.3 Å². The molecular weight excluding hydrogens is 320 g/mol. The summed E-state index contributed by atoms with van der Waals surface area (Å²) in [6.07, 6.45) is 2.66. The summed E-state index contributed by atoms with van der Waals surface area (Å²) in [7, 11) is 3.62. The third-order valence-corrected chi connectivity index (χ3v) is 4.88. The molecule has 0 aliphatic heterocycles. The van der Waals surface area contributed by atoms with Crippen molar-refractivity contribution in [1.29, 1.82) is 0 Å². The van der Waals surface area contributed by atoms with Gasteiger partial charge in [-0.1, -0.05) is 30.3 Å². The smallest absolute Gasteiger partial charge is 0.162 e. The molecule has 0 aliphatic carbocycles. The standard InChI is InChI=1S/C18H22N4OS/c1-22-16(8-9-20-22)15-12-24-18(17(15)23-2)21-14(11-19)10-13-6-4-3-5-7-13/h3-9,12,14,21H,10-11,19H2,1-2H3. The molecule has 1 unspecified atom stereocenters. The van der Waals surface area contributed by atoms with Crippen molar-refractivity contribution < 1.29 is 4.74 Å². The lowest BCUT2D eigenvalue weighted by molar-refractivity contribution is 0.419. The molecule has 3 N–H and O–H groups in total. The average Bonchev–Trinajstić information content (AvgIpc) is 3.20. The maximum atomic E-state index is 5.97. The first-order valence-electron chi connectivity index (χ1n) is 7.87. The Hall–Kier alpha value is -2.31. The van der Waals surface area contributed by atoms with Crippen LogP contribution in [-0.4, -0.2) is 29.5 Å². The minimum absolute atomic E-state index is 0.152. The zero-order chi connectivity index (χ0) is 16.9. The number of nitrogens with zero attached hydrogens (tertiary/aromatic N) is 2. The van der Waals surface area contributed by atoms with Crippen molar-refractivity contribution in [2.45, 2.75) is 12.5 Å². The summed E-state index contributed by atoms with van der Waals surface area (Å²) in [5.41, 5.74) is 9.31. The van der Waals surface area contributed by atoms with Gasteiger partial charge in [0, 0.05) is 31.2 Å². The number of benzene rings is 1. The van der Waals surface area contributed by atoms with E-state index in [1.54, 1.807) is 24.6 Å². The first-order chi connectivity index (χ1) is 11.7. The van der Waals surface area contributed by atoms with Crippen LogP contribution in [0.15, 0.2) is 48.0 Å². The number of rotatable bonds is 7. The summed E-state index contributed by atoms with van der Waals surface area (Å²) in [5, 5.41) is 10.9. The van der Waals surface area contributed by atoms with Crippen molar-refractivity contribution in [3.8, 4) is 17.0 Å². The van der Waals surface area contributed by atoms with E-state index in [2.05, 4.69) is 40.1 Å². The fraction of sp³-hybridized carbons (Fsp3) is 0.278. The van der Waals surface area contributed by atoms with Crippen LogP contribution >= 0.6 is 11.3 Å². The summed E-state index contributed by atoms with van der Waals surface area (Å²) in [6, 6.07) is 12.5. The van der Waals surface area contributed by atoms with E-state index < -0.39 is 0 Å². The maximum absolute atomic E-state index is 5.97. The summed E-state index contributed by atoms with van der Waals surface area (Å²) >= 11 is 1.63. The van der Waals surface area contributed by atoms with Crippen LogP contribution in [0, 0.1) is 0 Å². The number of hydrogen-bond acceptors (Lipinski definition) is 5. The van der Waals surface area contributed by atoms with Gasteiger partial charge in [0.15, 0.2) is 5.75 Å². The van der Waals surface area contributed by atoms with Gasteiger partial charge in [-0.25, -0.2) is 0 Å². The van der Waals surface area contributed by atoms with Crippen molar-refractivity contribution in [1.82, 2.24) is 9.78 Å². The summed E-state index contributed by atoms with van der Waals surface area (Å²) in [6.45, 7) is 0.553. The number of aryl methyl sites for hydroxylation is 1. The summed E-state index contributed by atoms with van der Waals surface area (Å²) in [4.78, 5) is 0. The quantitative estimate of drug-likeness (QED) is 0.692. The molecule has 1 aromatic carbocycles. The molecular formula is C18H22N4OS. The molecule has 0 saturated heterocycles. The number of aromatic nitrogens is 2. The van der Waals surface area contributed by atoms with Crippen LogP contribution in [0.5, 0.6) is 5.75 Å². The molecule has 6 heteroatoms. The number of anilines is 1. The molecule has 1 atom stereocenters. The number of ether oxygens (including phenoxy) is 1. The first kappa shape index (κ1) is 16.5. The number of nitrogens with one attached hydrogen (secondary N) is 1. The van der Waals surface area contributed by atoms with Crippen LogP contribution in [-0.2, 0) is 13.5 Å².